The molecule has 2 aromatic carbocycles. The molecule has 0 unspecified atom stereocenters. The summed E-state index contributed by atoms with van der Waals surface area (Å²) in [5, 5.41) is 8.58. The molecule has 1 fully saturated rings. The van der Waals surface area contributed by atoms with Crippen LogP contribution in [0.5, 0.6) is 5.75 Å². The van der Waals surface area contributed by atoms with Crippen LogP contribution >= 0.6 is 0 Å². The smallest absolute Gasteiger partial charge is 0.272 e. The highest BCUT2D eigenvalue weighted by atomic mass is 16.5. The quantitative estimate of drug-likeness (QED) is 0.560. The highest BCUT2D eigenvalue weighted by Crippen LogP contribution is 2.19. The van der Waals surface area contributed by atoms with Crippen molar-refractivity contribution in [3.63, 3.8) is 0 Å². The number of nitrogens with one attached hydrogen (secondary N) is 1. The average molecular weight is 436 g/mol. The number of hydrogen-bond donors (Lipinski definition) is 1. The molecule has 1 aliphatic heterocycles. The number of rotatable bonds is 9. The molecular weight excluding hydrogens is 402 g/mol. The minimum Gasteiger partial charge on any atom is -0.497 e. The summed E-state index contributed by atoms with van der Waals surface area (Å²) in [5.41, 5.74) is 2.85. The topological polar surface area (TPSA) is 62.6 Å². The van der Waals surface area contributed by atoms with Crippen LogP contribution in [0.25, 0.3) is 10.9 Å². The monoisotopic (exact) mass is 435 g/mol. The fourth-order valence-electron chi connectivity index (χ4n) is 4.25. The molecule has 1 aromatic heterocycles. The molecule has 1 saturated heterocycles. The second-order valence-electron chi connectivity index (χ2n) is 8.31. The van der Waals surface area contributed by atoms with Crippen LogP contribution in [-0.2, 0) is 13.1 Å². The maximum atomic E-state index is 12.8. The molecule has 0 saturated carbocycles. The van der Waals surface area contributed by atoms with E-state index in [1.54, 1.807) is 7.11 Å². The lowest BCUT2D eigenvalue weighted by molar-refractivity contribution is 0.0930. The number of fused-ring (bicyclic) bond motifs is 1. The number of carbonyl (C=O) groups is 1. The fraction of sp³-hybridized carbons (Fsp3) is 0.440. The highest BCUT2D eigenvalue weighted by Gasteiger charge is 2.19. The van der Waals surface area contributed by atoms with Crippen LogP contribution in [0.3, 0.4) is 0 Å². The molecule has 1 amide bonds. The minimum absolute atomic E-state index is 0.0887. The van der Waals surface area contributed by atoms with Gasteiger partial charge in [-0.1, -0.05) is 37.3 Å². The van der Waals surface area contributed by atoms with Gasteiger partial charge >= 0.3 is 0 Å². The van der Waals surface area contributed by atoms with Crippen LogP contribution in [0.15, 0.2) is 48.5 Å². The number of methoxy groups -OCH3 is 1. The normalized spacial score (nSPS) is 15.2. The van der Waals surface area contributed by atoms with Gasteiger partial charge in [-0.05, 0) is 30.2 Å². The van der Waals surface area contributed by atoms with Gasteiger partial charge in [-0.3, -0.25) is 19.3 Å². The van der Waals surface area contributed by atoms with Gasteiger partial charge < -0.3 is 10.1 Å². The molecule has 1 aliphatic rings. The third-order valence-corrected chi connectivity index (χ3v) is 6.05. The van der Waals surface area contributed by atoms with E-state index in [-0.39, 0.29) is 5.91 Å². The van der Waals surface area contributed by atoms with Crippen molar-refractivity contribution < 1.29 is 9.53 Å². The van der Waals surface area contributed by atoms with E-state index in [1.807, 2.05) is 41.1 Å². The first kappa shape index (κ1) is 22.3. The summed E-state index contributed by atoms with van der Waals surface area (Å²) < 4.78 is 7.17. The third kappa shape index (κ3) is 5.29. The zero-order valence-electron chi connectivity index (χ0n) is 19.1. The Morgan fingerprint density at radius 2 is 1.72 bits per heavy atom. The molecule has 0 bridgehead atoms. The maximum absolute atomic E-state index is 12.8. The largest absolute Gasteiger partial charge is 0.497 e. The molecule has 4 rings (SSSR count). The number of aryl methyl sites for hydroxylation is 1. The van der Waals surface area contributed by atoms with Gasteiger partial charge in [0.1, 0.15) is 5.75 Å². The summed E-state index contributed by atoms with van der Waals surface area (Å²) in [6.07, 6.45) is 0.983. The number of aromatic nitrogens is 2. The lowest BCUT2D eigenvalue weighted by Crippen LogP contribution is -2.48. The van der Waals surface area contributed by atoms with Gasteiger partial charge in [-0.25, -0.2) is 0 Å². The van der Waals surface area contributed by atoms with Crippen LogP contribution in [-0.4, -0.2) is 71.9 Å². The van der Waals surface area contributed by atoms with Gasteiger partial charge in [0, 0.05) is 57.7 Å². The zero-order valence-corrected chi connectivity index (χ0v) is 19.1. The number of hydrogen-bond acceptors (Lipinski definition) is 5. The van der Waals surface area contributed by atoms with Crippen molar-refractivity contribution in [1.29, 1.82) is 0 Å². The Labute approximate surface area is 189 Å². The van der Waals surface area contributed by atoms with Gasteiger partial charge in [-0.2, -0.15) is 5.10 Å². The highest BCUT2D eigenvalue weighted by molar-refractivity contribution is 6.04. The van der Waals surface area contributed by atoms with Crippen molar-refractivity contribution in [3.05, 3.63) is 59.8 Å². The van der Waals surface area contributed by atoms with Crippen LogP contribution in [0, 0.1) is 0 Å². The van der Waals surface area contributed by atoms with Gasteiger partial charge in [0.2, 0.25) is 0 Å². The first-order chi connectivity index (χ1) is 15.7. The molecule has 32 heavy (non-hydrogen) atoms. The summed E-state index contributed by atoms with van der Waals surface area (Å²) in [5.74, 6) is 0.805. The van der Waals surface area contributed by atoms with E-state index >= 15 is 0 Å². The number of piperazine rings is 1. The number of benzene rings is 2. The van der Waals surface area contributed by atoms with Crippen LogP contribution < -0.4 is 10.1 Å². The van der Waals surface area contributed by atoms with E-state index in [1.165, 1.54) is 5.56 Å². The van der Waals surface area contributed by atoms with Crippen molar-refractivity contribution in [2.24, 2.45) is 0 Å². The van der Waals surface area contributed by atoms with E-state index in [4.69, 9.17) is 4.74 Å². The first-order valence-corrected chi connectivity index (χ1v) is 11.5. The number of para-hydroxylation sites is 1. The fourth-order valence-corrected chi connectivity index (χ4v) is 4.25. The van der Waals surface area contributed by atoms with E-state index < -0.39 is 0 Å². The van der Waals surface area contributed by atoms with Gasteiger partial charge in [0.15, 0.2) is 5.69 Å². The van der Waals surface area contributed by atoms with Crippen molar-refractivity contribution in [2.45, 2.75) is 26.4 Å². The second kappa shape index (κ2) is 10.6. The molecule has 2 heterocycles. The van der Waals surface area contributed by atoms with E-state index in [0.29, 0.717) is 12.2 Å². The van der Waals surface area contributed by atoms with Gasteiger partial charge in [0.05, 0.1) is 12.6 Å². The van der Waals surface area contributed by atoms with Crippen molar-refractivity contribution >= 4 is 16.8 Å². The summed E-state index contributed by atoms with van der Waals surface area (Å²) in [7, 11) is 1.69. The predicted molar refractivity (Wildman–Crippen MR) is 127 cm³/mol. The first-order valence-electron chi connectivity index (χ1n) is 11.5. The summed E-state index contributed by atoms with van der Waals surface area (Å²) in [4.78, 5) is 17.7. The Bertz CT molecular complexity index is 1020. The molecule has 0 spiro atoms. The van der Waals surface area contributed by atoms with Crippen LogP contribution in [0.2, 0.25) is 0 Å². The number of ether oxygens (including phenoxy) is 1. The lowest BCUT2D eigenvalue weighted by atomic mass is 10.2. The zero-order chi connectivity index (χ0) is 22.3. The molecular formula is C25H33N5O2. The number of carbonyl (C=O) groups excluding carboxylic acids is 1. The SMILES string of the molecule is CCCn1nc(C(=O)NCCN2CCN(Cc3ccc(OC)cc3)CC2)c2ccccc21. The molecule has 7 nitrogen and oxygen atoms in total. The van der Waals surface area contributed by atoms with Crippen LogP contribution in [0.1, 0.15) is 29.4 Å². The van der Waals surface area contributed by atoms with Gasteiger partial charge in [-0.15, -0.1) is 0 Å². The molecule has 170 valence electrons. The molecule has 1 N–H and O–H groups in total. The molecule has 7 heteroatoms. The summed E-state index contributed by atoms with van der Waals surface area (Å²) >= 11 is 0. The average Bonchev–Trinajstić information content (AvgIpc) is 3.20. The van der Waals surface area contributed by atoms with Gasteiger partial charge in [0.25, 0.3) is 5.91 Å². The lowest BCUT2D eigenvalue weighted by Gasteiger charge is -2.34. The predicted octanol–water partition coefficient (Wildman–Crippen LogP) is 3.00. The standard InChI is InChI=1S/C25H33N5O2/c1-3-13-30-23-7-5-4-6-22(23)24(27-30)25(31)26-12-14-28-15-17-29(18-16-28)19-20-8-10-21(32-2)11-9-20/h4-11H,3,12-19H2,1-2H3,(H,26,31). The van der Waals surface area contributed by atoms with E-state index in [9.17, 15) is 4.79 Å². The Morgan fingerprint density at radius 3 is 2.44 bits per heavy atom. The third-order valence-electron chi connectivity index (χ3n) is 6.05. The Kier molecular flexibility index (Phi) is 7.39. The number of nitrogens with zero attached hydrogens (tertiary/aromatic N) is 4. The molecule has 3 aromatic rings. The molecule has 0 radical (unpaired) electrons. The Balaban J connectivity index is 1.23. The minimum atomic E-state index is -0.0887. The Hall–Kier alpha value is -2.90. The van der Waals surface area contributed by atoms with Crippen molar-refractivity contribution in [3.8, 4) is 5.75 Å². The summed E-state index contributed by atoms with van der Waals surface area (Å²) in [6.45, 7) is 9.48. The second-order valence-corrected chi connectivity index (χ2v) is 8.31. The summed E-state index contributed by atoms with van der Waals surface area (Å²) in [6, 6.07) is 16.3. The maximum Gasteiger partial charge on any atom is 0.272 e. The van der Waals surface area contributed by atoms with E-state index in [2.05, 4.69) is 39.3 Å². The van der Waals surface area contributed by atoms with Crippen molar-refractivity contribution in [1.82, 2.24) is 24.9 Å². The molecule has 0 aliphatic carbocycles. The van der Waals surface area contributed by atoms with Crippen LogP contribution in [0.4, 0.5) is 0 Å². The van der Waals surface area contributed by atoms with E-state index in [0.717, 1.165) is 68.9 Å². The van der Waals surface area contributed by atoms with Crippen molar-refractivity contribution in [2.75, 3.05) is 46.4 Å². The molecule has 0 atom stereocenters. The number of amides is 1. The Morgan fingerprint density at radius 1 is 1.00 bits per heavy atom.